The number of thiophene rings is 1. The summed E-state index contributed by atoms with van der Waals surface area (Å²) in [6.07, 6.45) is 8.86. The first-order valence-corrected chi connectivity index (χ1v) is 8.32. The van der Waals surface area contributed by atoms with Crippen LogP contribution in [-0.2, 0) is 25.8 Å². The Morgan fingerprint density at radius 2 is 1.95 bits per heavy atom. The van der Waals surface area contributed by atoms with Crippen molar-refractivity contribution in [1.29, 1.82) is 0 Å². The van der Waals surface area contributed by atoms with Gasteiger partial charge in [0.25, 0.3) is 0 Å². The van der Waals surface area contributed by atoms with Crippen molar-refractivity contribution in [3.63, 3.8) is 0 Å². The van der Waals surface area contributed by atoms with E-state index in [0.717, 1.165) is 31.6 Å². The zero-order valence-electron chi connectivity index (χ0n) is 12.0. The minimum Gasteiger partial charge on any atom is -0.365 e. The smallest absolute Gasteiger partial charge is 0.133 e. The number of fused-ring (bicyclic) bond motifs is 1. The van der Waals surface area contributed by atoms with Crippen molar-refractivity contribution in [3.8, 4) is 0 Å². The fourth-order valence-electron chi connectivity index (χ4n) is 2.73. The molecule has 0 unspecified atom stereocenters. The third kappa shape index (κ3) is 3.01. The Bertz CT molecular complexity index is 577. The molecule has 0 fully saturated rings. The summed E-state index contributed by atoms with van der Waals surface area (Å²) in [7, 11) is 0. The molecule has 20 heavy (non-hydrogen) atoms. The lowest BCUT2D eigenvalue weighted by Gasteiger charge is -2.11. The van der Waals surface area contributed by atoms with Gasteiger partial charge in [0, 0.05) is 21.0 Å². The van der Waals surface area contributed by atoms with Gasteiger partial charge in [0.1, 0.15) is 12.1 Å². The molecule has 0 atom stereocenters. The highest BCUT2D eigenvalue weighted by Gasteiger charge is 2.14. The third-order valence-electron chi connectivity index (χ3n) is 3.87. The minimum atomic E-state index is 0.869. The molecule has 3 nitrogen and oxygen atoms in total. The molecule has 0 amide bonds. The molecular formula is C16H21N3S. The largest absolute Gasteiger partial charge is 0.365 e. The lowest BCUT2D eigenvalue weighted by Crippen LogP contribution is -2.07. The lowest BCUT2D eigenvalue weighted by molar-refractivity contribution is 0.709. The van der Waals surface area contributed by atoms with Crippen molar-refractivity contribution in [2.45, 2.75) is 52.0 Å². The van der Waals surface area contributed by atoms with Crippen molar-refractivity contribution in [2.75, 3.05) is 5.32 Å². The predicted molar refractivity (Wildman–Crippen MR) is 84.3 cm³/mol. The summed E-state index contributed by atoms with van der Waals surface area (Å²) in [5.74, 6) is 1.04. The van der Waals surface area contributed by atoms with Crippen LogP contribution < -0.4 is 5.32 Å². The predicted octanol–water partition coefficient (Wildman–Crippen LogP) is 3.98. The molecule has 2 heterocycles. The summed E-state index contributed by atoms with van der Waals surface area (Å²) in [5.41, 5.74) is 2.60. The van der Waals surface area contributed by atoms with Crippen LogP contribution in [0.15, 0.2) is 18.5 Å². The number of anilines is 1. The molecule has 3 rings (SSSR count). The van der Waals surface area contributed by atoms with Crippen LogP contribution in [0.1, 0.15) is 47.2 Å². The Labute approximate surface area is 124 Å². The van der Waals surface area contributed by atoms with Crippen LogP contribution in [0.3, 0.4) is 0 Å². The topological polar surface area (TPSA) is 37.8 Å². The van der Waals surface area contributed by atoms with Crippen LogP contribution >= 0.6 is 11.3 Å². The van der Waals surface area contributed by atoms with Crippen molar-refractivity contribution in [3.05, 3.63) is 39.5 Å². The third-order valence-corrected chi connectivity index (χ3v) is 5.10. The van der Waals surface area contributed by atoms with Gasteiger partial charge in [-0.1, -0.05) is 13.3 Å². The molecule has 0 aromatic carbocycles. The maximum Gasteiger partial charge on any atom is 0.133 e. The highest BCUT2D eigenvalue weighted by molar-refractivity contribution is 7.12. The van der Waals surface area contributed by atoms with Crippen LogP contribution in [0, 0.1) is 0 Å². The standard InChI is InChI=1S/C16H21N3S/c1-2-12-8-9-13(20-12)10-17-16-14-6-4-3-5-7-15(14)18-11-19-16/h8-9,11H,2-7,10H2,1H3,(H,17,18,19). The van der Waals surface area contributed by atoms with Gasteiger partial charge in [-0.3, -0.25) is 0 Å². The van der Waals surface area contributed by atoms with Crippen LogP contribution in [-0.4, -0.2) is 9.97 Å². The number of nitrogens with zero attached hydrogens (tertiary/aromatic N) is 2. The molecule has 0 aliphatic heterocycles. The highest BCUT2D eigenvalue weighted by Crippen LogP contribution is 2.25. The monoisotopic (exact) mass is 287 g/mol. The van der Waals surface area contributed by atoms with Gasteiger partial charge in [0.2, 0.25) is 0 Å². The zero-order chi connectivity index (χ0) is 13.8. The van der Waals surface area contributed by atoms with Crippen molar-refractivity contribution >= 4 is 17.2 Å². The Hall–Kier alpha value is -1.42. The minimum absolute atomic E-state index is 0.869. The molecule has 0 spiro atoms. The highest BCUT2D eigenvalue weighted by atomic mass is 32.1. The van der Waals surface area contributed by atoms with Crippen LogP contribution in [0.5, 0.6) is 0 Å². The van der Waals surface area contributed by atoms with Gasteiger partial charge >= 0.3 is 0 Å². The van der Waals surface area contributed by atoms with E-state index in [2.05, 4.69) is 34.3 Å². The van der Waals surface area contributed by atoms with Crippen molar-refractivity contribution in [1.82, 2.24) is 9.97 Å². The van der Waals surface area contributed by atoms with Gasteiger partial charge in [-0.25, -0.2) is 9.97 Å². The molecule has 106 valence electrons. The van der Waals surface area contributed by atoms with Crippen molar-refractivity contribution < 1.29 is 0 Å². The van der Waals surface area contributed by atoms with E-state index in [0.29, 0.717) is 0 Å². The molecule has 0 radical (unpaired) electrons. The van der Waals surface area contributed by atoms with E-state index in [-0.39, 0.29) is 0 Å². The van der Waals surface area contributed by atoms with Crippen LogP contribution in [0.4, 0.5) is 5.82 Å². The fraction of sp³-hybridized carbons (Fsp3) is 0.500. The second kappa shape index (κ2) is 6.35. The molecule has 1 aliphatic rings. The van der Waals surface area contributed by atoms with E-state index in [9.17, 15) is 0 Å². The SMILES string of the molecule is CCc1ccc(CNc2ncnc3c2CCCCC3)s1. The number of rotatable bonds is 4. The molecule has 0 bridgehead atoms. The molecule has 1 aliphatic carbocycles. The van der Waals surface area contributed by atoms with Gasteiger partial charge in [0.15, 0.2) is 0 Å². The lowest BCUT2D eigenvalue weighted by atomic mass is 10.1. The molecule has 0 saturated heterocycles. The maximum atomic E-state index is 4.46. The number of aromatic nitrogens is 2. The Morgan fingerprint density at radius 3 is 2.80 bits per heavy atom. The fourth-order valence-corrected chi connectivity index (χ4v) is 3.63. The maximum absolute atomic E-state index is 4.46. The summed E-state index contributed by atoms with van der Waals surface area (Å²) in [6.45, 7) is 3.07. The molecule has 0 saturated carbocycles. The van der Waals surface area contributed by atoms with Gasteiger partial charge in [-0.15, -0.1) is 11.3 Å². The first-order chi connectivity index (χ1) is 9.86. The van der Waals surface area contributed by atoms with Gasteiger partial charge in [0.05, 0.1) is 6.54 Å². The first-order valence-electron chi connectivity index (χ1n) is 7.51. The van der Waals surface area contributed by atoms with Crippen molar-refractivity contribution in [2.24, 2.45) is 0 Å². The molecule has 2 aromatic rings. The van der Waals surface area contributed by atoms with Crippen LogP contribution in [0.2, 0.25) is 0 Å². The summed E-state index contributed by atoms with van der Waals surface area (Å²) in [5, 5.41) is 3.51. The van der Waals surface area contributed by atoms with E-state index >= 15 is 0 Å². The number of hydrogen-bond donors (Lipinski definition) is 1. The molecular weight excluding hydrogens is 266 g/mol. The molecule has 1 N–H and O–H groups in total. The van der Waals surface area contributed by atoms with Gasteiger partial charge in [-0.05, 0) is 44.2 Å². The number of hydrogen-bond acceptors (Lipinski definition) is 4. The summed E-state index contributed by atoms with van der Waals surface area (Å²) in [4.78, 5) is 11.7. The number of aryl methyl sites for hydroxylation is 2. The summed E-state index contributed by atoms with van der Waals surface area (Å²) >= 11 is 1.89. The first kappa shape index (κ1) is 13.6. The summed E-state index contributed by atoms with van der Waals surface area (Å²) < 4.78 is 0. The van der Waals surface area contributed by atoms with Gasteiger partial charge in [-0.2, -0.15) is 0 Å². The van der Waals surface area contributed by atoms with E-state index in [1.807, 2.05) is 11.3 Å². The quantitative estimate of drug-likeness (QED) is 0.864. The Kier molecular flexibility index (Phi) is 4.31. The van der Waals surface area contributed by atoms with Crippen LogP contribution in [0.25, 0.3) is 0 Å². The summed E-state index contributed by atoms with van der Waals surface area (Å²) in [6, 6.07) is 4.44. The second-order valence-electron chi connectivity index (χ2n) is 5.28. The normalized spacial score (nSPS) is 14.7. The second-order valence-corrected chi connectivity index (χ2v) is 6.54. The number of nitrogens with one attached hydrogen (secondary N) is 1. The molecule has 2 aromatic heterocycles. The average molecular weight is 287 g/mol. The zero-order valence-corrected chi connectivity index (χ0v) is 12.8. The Morgan fingerprint density at radius 1 is 1.10 bits per heavy atom. The average Bonchev–Trinajstić information content (AvgIpc) is 2.80. The van der Waals surface area contributed by atoms with E-state index < -0.39 is 0 Å². The van der Waals surface area contributed by atoms with E-state index in [1.165, 1.54) is 40.3 Å². The van der Waals surface area contributed by atoms with E-state index in [1.54, 1.807) is 6.33 Å². The van der Waals surface area contributed by atoms with Gasteiger partial charge < -0.3 is 5.32 Å². The molecule has 4 heteroatoms. The Balaban J connectivity index is 1.74. The van der Waals surface area contributed by atoms with E-state index in [4.69, 9.17) is 0 Å².